The van der Waals surface area contributed by atoms with Gasteiger partial charge >= 0.3 is 0 Å². The maximum absolute atomic E-state index is 13.9. The fourth-order valence-corrected chi connectivity index (χ4v) is 3.15. The minimum absolute atomic E-state index is 0.0814. The highest BCUT2D eigenvalue weighted by atomic mass is 79.9. The molecule has 0 aliphatic rings. The molecule has 2 nitrogen and oxygen atoms in total. The van der Waals surface area contributed by atoms with Gasteiger partial charge in [0.05, 0.1) is 10.7 Å². The van der Waals surface area contributed by atoms with Gasteiger partial charge < -0.3 is 5.32 Å². The Labute approximate surface area is 118 Å². The summed E-state index contributed by atoms with van der Waals surface area (Å²) in [5.41, 5.74) is 1.65. The van der Waals surface area contributed by atoms with Crippen LogP contribution >= 0.6 is 27.3 Å². The Morgan fingerprint density at radius 3 is 2.83 bits per heavy atom. The van der Waals surface area contributed by atoms with Crippen molar-refractivity contribution in [3.63, 3.8) is 0 Å². The molecule has 2 rings (SSSR count). The lowest BCUT2D eigenvalue weighted by Gasteiger charge is -2.17. The lowest BCUT2D eigenvalue weighted by molar-refractivity contribution is 0.528. The molecule has 0 fully saturated rings. The van der Waals surface area contributed by atoms with E-state index in [-0.39, 0.29) is 11.9 Å². The molecule has 0 aliphatic carbocycles. The van der Waals surface area contributed by atoms with Crippen LogP contribution in [0.1, 0.15) is 22.3 Å². The Bertz CT molecular complexity index is 521. The predicted octanol–water partition coefficient (Wildman–Crippen LogP) is 3.86. The average molecular weight is 329 g/mol. The Hall–Kier alpha value is -0.780. The smallest absolute Gasteiger partial charge is 0.129 e. The summed E-state index contributed by atoms with van der Waals surface area (Å²) in [4.78, 5) is 4.42. The Balaban J connectivity index is 2.28. The molecule has 0 aliphatic heterocycles. The van der Waals surface area contributed by atoms with Crippen molar-refractivity contribution in [2.24, 2.45) is 0 Å². The van der Waals surface area contributed by atoms with Gasteiger partial charge in [0.1, 0.15) is 5.82 Å². The molecular formula is C13H14BrFN2S. The number of nitrogens with zero attached hydrogens (tertiary/aromatic N) is 1. The summed E-state index contributed by atoms with van der Waals surface area (Å²) in [5, 5.41) is 6.21. The first-order valence-corrected chi connectivity index (χ1v) is 7.31. The van der Waals surface area contributed by atoms with E-state index in [4.69, 9.17) is 0 Å². The van der Waals surface area contributed by atoms with Gasteiger partial charge in [-0.3, -0.25) is 0 Å². The summed E-state index contributed by atoms with van der Waals surface area (Å²) >= 11 is 5.03. The van der Waals surface area contributed by atoms with Crippen LogP contribution in [0.4, 0.5) is 4.39 Å². The van der Waals surface area contributed by atoms with Gasteiger partial charge in [0.15, 0.2) is 0 Å². The molecule has 0 radical (unpaired) electrons. The first kappa shape index (κ1) is 13.6. The zero-order chi connectivity index (χ0) is 13.1. The summed E-state index contributed by atoms with van der Waals surface area (Å²) in [6.07, 6.45) is 0.681. The van der Waals surface area contributed by atoms with Crippen LogP contribution in [0.2, 0.25) is 0 Å². The topological polar surface area (TPSA) is 24.9 Å². The molecule has 0 saturated carbocycles. The van der Waals surface area contributed by atoms with Crippen LogP contribution in [0.3, 0.4) is 0 Å². The van der Waals surface area contributed by atoms with Crippen LogP contribution in [0.5, 0.6) is 0 Å². The lowest BCUT2D eigenvalue weighted by atomic mass is 10.0. The van der Waals surface area contributed by atoms with E-state index in [2.05, 4.69) is 26.2 Å². The zero-order valence-electron chi connectivity index (χ0n) is 10.2. The van der Waals surface area contributed by atoms with E-state index in [1.165, 1.54) is 6.07 Å². The molecule has 96 valence electrons. The third-order valence-corrected chi connectivity index (χ3v) is 4.29. The van der Waals surface area contributed by atoms with Gasteiger partial charge in [-0.2, -0.15) is 0 Å². The Morgan fingerprint density at radius 1 is 1.50 bits per heavy atom. The number of hydrogen-bond acceptors (Lipinski definition) is 3. The highest BCUT2D eigenvalue weighted by molar-refractivity contribution is 9.10. The van der Waals surface area contributed by atoms with Crippen LogP contribution in [-0.2, 0) is 6.42 Å². The maximum atomic E-state index is 13.9. The highest BCUT2D eigenvalue weighted by Gasteiger charge is 2.18. The fourth-order valence-electron chi connectivity index (χ4n) is 1.90. The maximum Gasteiger partial charge on any atom is 0.129 e. The summed E-state index contributed by atoms with van der Waals surface area (Å²) < 4.78 is 14.7. The molecule has 1 N–H and O–H groups in total. The number of nitrogens with one attached hydrogen (secondary N) is 1. The number of halogens is 2. The molecule has 0 amide bonds. The second kappa shape index (κ2) is 5.91. The van der Waals surface area contributed by atoms with E-state index >= 15 is 0 Å². The van der Waals surface area contributed by atoms with Crippen molar-refractivity contribution in [1.82, 2.24) is 10.3 Å². The highest BCUT2D eigenvalue weighted by Crippen LogP contribution is 2.28. The van der Waals surface area contributed by atoms with E-state index in [0.717, 1.165) is 15.2 Å². The first-order chi connectivity index (χ1) is 8.61. The van der Waals surface area contributed by atoms with E-state index in [0.29, 0.717) is 12.0 Å². The number of thiazole rings is 1. The van der Waals surface area contributed by atoms with Crippen molar-refractivity contribution in [2.75, 3.05) is 7.05 Å². The van der Waals surface area contributed by atoms with Crippen molar-refractivity contribution in [2.45, 2.75) is 19.4 Å². The van der Waals surface area contributed by atoms with Gasteiger partial charge in [-0.15, -0.1) is 11.3 Å². The quantitative estimate of drug-likeness (QED) is 0.921. The third-order valence-electron chi connectivity index (χ3n) is 2.78. The minimum atomic E-state index is -0.198. The average Bonchev–Trinajstić information content (AvgIpc) is 2.73. The van der Waals surface area contributed by atoms with Crippen LogP contribution < -0.4 is 5.32 Å². The number of aromatic nitrogens is 1. The molecule has 0 spiro atoms. The Morgan fingerprint density at radius 2 is 2.28 bits per heavy atom. The number of aryl methyl sites for hydroxylation is 1. The molecule has 2 aromatic rings. The van der Waals surface area contributed by atoms with Crippen molar-refractivity contribution in [3.8, 4) is 0 Å². The third kappa shape index (κ3) is 2.96. The summed E-state index contributed by atoms with van der Waals surface area (Å²) in [6.45, 7) is 1.97. The molecule has 0 saturated heterocycles. The Kier molecular flexibility index (Phi) is 4.48. The van der Waals surface area contributed by atoms with E-state index < -0.39 is 0 Å². The second-order valence-electron chi connectivity index (χ2n) is 4.04. The summed E-state index contributed by atoms with van der Waals surface area (Å²) in [5.74, 6) is -0.198. The number of hydrogen-bond donors (Lipinski definition) is 1. The molecule has 1 aromatic carbocycles. The predicted molar refractivity (Wildman–Crippen MR) is 76.5 cm³/mol. The molecule has 1 heterocycles. The number of benzene rings is 1. The second-order valence-corrected chi connectivity index (χ2v) is 5.96. The van der Waals surface area contributed by atoms with Gasteiger partial charge in [-0.1, -0.05) is 22.0 Å². The van der Waals surface area contributed by atoms with Gasteiger partial charge in [-0.25, -0.2) is 9.37 Å². The van der Waals surface area contributed by atoms with Gasteiger partial charge in [0, 0.05) is 27.9 Å². The normalized spacial score (nSPS) is 12.7. The molecular weight excluding hydrogens is 315 g/mol. The monoisotopic (exact) mass is 328 g/mol. The minimum Gasteiger partial charge on any atom is -0.313 e. The zero-order valence-corrected chi connectivity index (χ0v) is 12.6. The fraction of sp³-hybridized carbons (Fsp3) is 0.308. The van der Waals surface area contributed by atoms with Crippen LogP contribution in [0.15, 0.2) is 28.1 Å². The van der Waals surface area contributed by atoms with Crippen molar-refractivity contribution in [3.05, 3.63) is 50.1 Å². The van der Waals surface area contributed by atoms with Gasteiger partial charge in [0.25, 0.3) is 0 Å². The number of likely N-dealkylation sites (N-methyl/N-ethyl adjacent to an activating group) is 1. The van der Waals surface area contributed by atoms with Gasteiger partial charge in [0.2, 0.25) is 0 Å². The molecule has 5 heteroatoms. The first-order valence-electron chi connectivity index (χ1n) is 5.64. The molecule has 1 atom stereocenters. The largest absolute Gasteiger partial charge is 0.313 e. The standard InChI is InChI=1S/C13H14BrFN2S/c1-8-17-9(7-18-8)6-12(16-2)13-10(14)4-3-5-11(13)15/h3-5,7,12,16H,6H2,1-2H3. The SMILES string of the molecule is CNC(Cc1csc(C)n1)c1c(F)cccc1Br. The summed E-state index contributed by atoms with van der Waals surface area (Å²) in [6, 6.07) is 4.95. The summed E-state index contributed by atoms with van der Waals surface area (Å²) in [7, 11) is 1.84. The van der Waals surface area contributed by atoms with Crippen molar-refractivity contribution >= 4 is 27.3 Å². The van der Waals surface area contributed by atoms with E-state index in [1.54, 1.807) is 17.4 Å². The van der Waals surface area contributed by atoms with E-state index in [1.807, 2.05) is 25.4 Å². The van der Waals surface area contributed by atoms with E-state index in [9.17, 15) is 4.39 Å². The van der Waals surface area contributed by atoms with Gasteiger partial charge in [-0.05, 0) is 26.1 Å². The van der Waals surface area contributed by atoms with Crippen LogP contribution in [-0.4, -0.2) is 12.0 Å². The van der Waals surface area contributed by atoms with Crippen molar-refractivity contribution < 1.29 is 4.39 Å². The molecule has 18 heavy (non-hydrogen) atoms. The molecule has 1 unspecified atom stereocenters. The number of rotatable bonds is 4. The molecule has 0 bridgehead atoms. The molecule has 1 aromatic heterocycles. The van der Waals surface area contributed by atoms with Crippen molar-refractivity contribution in [1.29, 1.82) is 0 Å². The van der Waals surface area contributed by atoms with Crippen LogP contribution in [0, 0.1) is 12.7 Å². The lowest BCUT2D eigenvalue weighted by Crippen LogP contribution is -2.20. The van der Waals surface area contributed by atoms with Crippen LogP contribution in [0.25, 0.3) is 0 Å².